The predicted molar refractivity (Wildman–Crippen MR) is 121 cm³/mol. The summed E-state index contributed by atoms with van der Waals surface area (Å²) in [6.45, 7) is 3.80. The third-order valence-electron chi connectivity index (χ3n) is 5.81. The number of carbonyl (C=O) groups excluding carboxylic acids is 2. The first-order valence-electron chi connectivity index (χ1n) is 10.8. The molecule has 2 aliphatic rings. The van der Waals surface area contributed by atoms with Crippen LogP contribution in [0.1, 0.15) is 28.8 Å². The number of morpholine rings is 1. The Hall–Kier alpha value is -2.88. The van der Waals surface area contributed by atoms with Crippen molar-refractivity contribution >= 4 is 27.3 Å². The number of nitrogens with zero attached hydrogens (tertiary/aromatic N) is 1. The fourth-order valence-electron chi connectivity index (χ4n) is 3.97. The fraction of sp³-hybridized carbons (Fsp3) is 0.333. The molecule has 1 heterocycles. The number of Topliss-reactive ketones (excluding diaryl/α,β-unsaturated/α-hetero) is 2. The van der Waals surface area contributed by atoms with Crippen LogP contribution in [0.15, 0.2) is 59.0 Å². The summed E-state index contributed by atoms with van der Waals surface area (Å²) in [6, 6.07) is 9.62. The quantitative estimate of drug-likeness (QED) is 0.594. The van der Waals surface area contributed by atoms with Crippen LogP contribution in [0, 0.1) is 5.82 Å². The Morgan fingerprint density at radius 3 is 2.64 bits per heavy atom. The third-order valence-corrected chi connectivity index (χ3v) is 7.17. The molecule has 2 aromatic rings. The number of para-hydroxylation sites is 1. The van der Waals surface area contributed by atoms with Crippen LogP contribution in [-0.4, -0.2) is 57.7 Å². The topological polar surface area (TPSA) is 92.8 Å². The Morgan fingerprint density at radius 2 is 1.88 bits per heavy atom. The summed E-state index contributed by atoms with van der Waals surface area (Å²) >= 11 is 0. The summed E-state index contributed by atoms with van der Waals surface area (Å²) in [5.74, 6) is -1.42. The lowest BCUT2D eigenvalue weighted by Gasteiger charge is -2.26. The molecular weight excluding hydrogens is 447 g/mol. The zero-order chi connectivity index (χ0) is 23.4. The molecule has 7 nitrogen and oxygen atoms in total. The van der Waals surface area contributed by atoms with Crippen LogP contribution in [-0.2, 0) is 26.0 Å². The van der Waals surface area contributed by atoms with Gasteiger partial charge in [-0.15, -0.1) is 0 Å². The van der Waals surface area contributed by atoms with E-state index in [0.29, 0.717) is 31.6 Å². The van der Waals surface area contributed by atoms with Crippen LogP contribution >= 0.6 is 0 Å². The number of hydrogen-bond acceptors (Lipinski definition) is 6. The predicted octanol–water partition coefficient (Wildman–Crippen LogP) is 2.97. The van der Waals surface area contributed by atoms with Crippen molar-refractivity contribution in [1.29, 1.82) is 0 Å². The number of ether oxygens (including phenoxy) is 1. The average molecular weight is 473 g/mol. The molecule has 0 bridgehead atoms. The highest BCUT2D eigenvalue weighted by Crippen LogP contribution is 2.27. The van der Waals surface area contributed by atoms with Gasteiger partial charge in [-0.1, -0.05) is 24.3 Å². The molecular formula is C24H25FN2O5S. The summed E-state index contributed by atoms with van der Waals surface area (Å²) < 4.78 is 47.0. The normalized spacial score (nSPS) is 16.8. The minimum absolute atomic E-state index is 0.0982. The van der Waals surface area contributed by atoms with Crippen LogP contribution in [0.3, 0.4) is 0 Å². The largest absolute Gasteiger partial charge is 0.379 e. The number of benzene rings is 2. The Balaban J connectivity index is 1.45. The minimum atomic E-state index is -4.12. The van der Waals surface area contributed by atoms with Crippen molar-refractivity contribution < 1.29 is 27.1 Å². The molecule has 0 amide bonds. The van der Waals surface area contributed by atoms with Gasteiger partial charge in [-0.2, -0.15) is 0 Å². The summed E-state index contributed by atoms with van der Waals surface area (Å²) in [6.07, 6.45) is 2.87. The molecule has 9 heteroatoms. The Bertz CT molecular complexity index is 1200. The van der Waals surface area contributed by atoms with Gasteiger partial charge >= 0.3 is 0 Å². The Kier molecular flexibility index (Phi) is 7.02. The van der Waals surface area contributed by atoms with Crippen LogP contribution in [0.2, 0.25) is 0 Å². The summed E-state index contributed by atoms with van der Waals surface area (Å²) in [4.78, 5) is 27.8. The number of hydrogen-bond donors (Lipinski definition) is 1. The Morgan fingerprint density at radius 1 is 1.12 bits per heavy atom. The van der Waals surface area contributed by atoms with E-state index in [-0.39, 0.29) is 33.9 Å². The Labute approximate surface area is 192 Å². The molecule has 4 rings (SSSR count). The van der Waals surface area contributed by atoms with E-state index in [1.54, 1.807) is 12.1 Å². The third kappa shape index (κ3) is 5.38. The van der Waals surface area contributed by atoms with Gasteiger partial charge in [0.1, 0.15) is 5.82 Å². The van der Waals surface area contributed by atoms with Crippen LogP contribution < -0.4 is 4.72 Å². The first kappa shape index (κ1) is 23.3. The minimum Gasteiger partial charge on any atom is -0.379 e. The van der Waals surface area contributed by atoms with E-state index in [2.05, 4.69) is 9.62 Å². The molecule has 0 aromatic heterocycles. The maximum absolute atomic E-state index is 13.9. The van der Waals surface area contributed by atoms with E-state index in [4.69, 9.17) is 4.74 Å². The van der Waals surface area contributed by atoms with Crippen molar-refractivity contribution in [2.45, 2.75) is 24.2 Å². The summed E-state index contributed by atoms with van der Waals surface area (Å²) in [7, 11) is -4.12. The molecule has 1 fully saturated rings. The van der Waals surface area contributed by atoms with Gasteiger partial charge in [-0.25, -0.2) is 12.8 Å². The van der Waals surface area contributed by atoms with Crippen LogP contribution in [0.25, 0.3) is 0 Å². The molecule has 0 saturated carbocycles. The van der Waals surface area contributed by atoms with Crippen molar-refractivity contribution in [2.24, 2.45) is 0 Å². The van der Waals surface area contributed by atoms with Gasteiger partial charge in [-0.3, -0.25) is 19.2 Å². The first-order valence-corrected chi connectivity index (χ1v) is 12.3. The highest BCUT2D eigenvalue weighted by Gasteiger charge is 2.27. The number of ketones is 2. The van der Waals surface area contributed by atoms with Crippen molar-refractivity contribution in [2.75, 3.05) is 37.6 Å². The number of anilines is 1. The lowest BCUT2D eigenvalue weighted by Crippen LogP contribution is -2.37. The molecule has 174 valence electrons. The van der Waals surface area contributed by atoms with Crippen LogP contribution in [0.4, 0.5) is 10.1 Å². The SMILES string of the molecule is O=C(CCCN1CCOCC1)C1=CCc2ccc(S(=O)(=O)Nc3ccccc3F)cc2C1=O. The van der Waals surface area contributed by atoms with Crippen molar-refractivity contribution in [1.82, 2.24) is 4.90 Å². The number of sulfonamides is 1. The first-order chi connectivity index (χ1) is 15.8. The molecule has 0 spiro atoms. The maximum atomic E-state index is 13.9. The van der Waals surface area contributed by atoms with E-state index >= 15 is 0 Å². The van der Waals surface area contributed by atoms with Gasteiger partial charge in [0, 0.05) is 25.1 Å². The van der Waals surface area contributed by atoms with Crippen molar-refractivity contribution in [3.63, 3.8) is 0 Å². The second-order valence-electron chi connectivity index (χ2n) is 8.04. The molecule has 0 unspecified atom stereocenters. The second-order valence-corrected chi connectivity index (χ2v) is 9.72. The average Bonchev–Trinajstić information content (AvgIpc) is 2.81. The van der Waals surface area contributed by atoms with Crippen molar-refractivity contribution in [3.8, 4) is 0 Å². The molecule has 1 saturated heterocycles. The lowest BCUT2D eigenvalue weighted by molar-refractivity contribution is -0.115. The number of carbonyl (C=O) groups is 2. The highest BCUT2D eigenvalue weighted by molar-refractivity contribution is 7.92. The van der Waals surface area contributed by atoms with Gasteiger partial charge in [0.25, 0.3) is 10.0 Å². The summed E-state index contributed by atoms with van der Waals surface area (Å²) in [5.41, 5.74) is 0.749. The molecule has 1 aliphatic carbocycles. The van der Waals surface area contributed by atoms with Gasteiger partial charge in [-0.05, 0) is 49.2 Å². The van der Waals surface area contributed by atoms with Crippen molar-refractivity contribution in [3.05, 3.63) is 71.1 Å². The number of nitrogens with one attached hydrogen (secondary N) is 1. The van der Waals surface area contributed by atoms with Gasteiger partial charge < -0.3 is 4.74 Å². The smallest absolute Gasteiger partial charge is 0.262 e. The van der Waals surface area contributed by atoms with E-state index in [1.165, 1.54) is 30.3 Å². The monoisotopic (exact) mass is 472 g/mol. The fourth-order valence-corrected chi connectivity index (χ4v) is 5.07. The summed E-state index contributed by atoms with van der Waals surface area (Å²) in [5, 5.41) is 0. The molecule has 33 heavy (non-hydrogen) atoms. The molecule has 0 radical (unpaired) electrons. The zero-order valence-corrected chi connectivity index (χ0v) is 18.9. The standard InChI is InChI=1S/C24H25FN2O5S/c25-21-4-1-2-5-22(21)26-33(30,31)18-9-7-17-8-10-19(24(29)20(17)16-18)23(28)6-3-11-27-12-14-32-15-13-27/h1-2,4-5,7,9-10,16,26H,3,6,8,11-15H2. The van der Waals surface area contributed by atoms with E-state index in [9.17, 15) is 22.4 Å². The zero-order valence-electron chi connectivity index (χ0n) is 18.1. The maximum Gasteiger partial charge on any atom is 0.262 e. The van der Waals surface area contributed by atoms with Gasteiger partial charge in [0.2, 0.25) is 0 Å². The molecule has 0 atom stereocenters. The second kappa shape index (κ2) is 9.94. The lowest BCUT2D eigenvalue weighted by atomic mass is 9.87. The van der Waals surface area contributed by atoms with E-state index < -0.39 is 21.6 Å². The van der Waals surface area contributed by atoms with E-state index in [0.717, 1.165) is 25.7 Å². The number of halogens is 1. The molecule has 1 N–H and O–H groups in total. The molecule has 2 aromatic carbocycles. The van der Waals surface area contributed by atoms with E-state index in [1.807, 2.05) is 0 Å². The highest BCUT2D eigenvalue weighted by atomic mass is 32.2. The number of rotatable bonds is 8. The molecule has 1 aliphatic heterocycles. The van der Waals surface area contributed by atoms with Crippen LogP contribution in [0.5, 0.6) is 0 Å². The number of allylic oxidation sites excluding steroid dienone is 2. The van der Waals surface area contributed by atoms with Gasteiger partial charge in [0.05, 0.1) is 29.4 Å². The van der Waals surface area contributed by atoms with Gasteiger partial charge in [0.15, 0.2) is 11.6 Å². The number of fused-ring (bicyclic) bond motifs is 1.